The van der Waals surface area contributed by atoms with Gasteiger partial charge in [0.1, 0.15) is 18.2 Å². The number of nitrogens with zero attached hydrogens (tertiary/aromatic N) is 1. The van der Waals surface area contributed by atoms with Crippen LogP contribution in [0.5, 0.6) is 5.75 Å². The van der Waals surface area contributed by atoms with Crippen molar-refractivity contribution in [2.24, 2.45) is 0 Å². The molecule has 224 valence electrons. The Kier molecular flexibility index (Phi) is 8.90. The summed E-state index contributed by atoms with van der Waals surface area (Å²) >= 11 is 0. The van der Waals surface area contributed by atoms with Gasteiger partial charge in [-0.2, -0.15) is 5.09 Å². The van der Waals surface area contributed by atoms with Crippen LogP contribution < -0.4 is 20.9 Å². The number of carbonyl (C=O) groups is 1. The van der Waals surface area contributed by atoms with Crippen molar-refractivity contribution in [2.45, 2.75) is 77.3 Å². The third kappa shape index (κ3) is 6.47. The highest BCUT2D eigenvalue weighted by molar-refractivity contribution is 7.52. The van der Waals surface area contributed by atoms with Crippen LogP contribution in [0.15, 0.2) is 50.7 Å². The number of H-pyrrole nitrogens is 1. The van der Waals surface area contributed by atoms with Gasteiger partial charge in [-0.25, -0.2) is 13.8 Å². The van der Waals surface area contributed by atoms with Gasteiger partial charge in [0.15, 0.2) is 23.2 Å². The number of alkyl halides is 1. The highest BCUT2D eigenvalue weighted by Crippen LogP contribution is 2.49. The molecule has 0 amide bonds. The molecule has 1 unspecified atom stereocenters. The number of furan rings is 1. The van der Waals surface area contributed by atoms with Gasteiger partial charge >= 0.3 is 19.4 Å². The van der Waals surface area contributed by atoms with E-state index in [2.05, 4.69) is 5.09 Å². The molecule has 1 aromatic carbocycles. The van der Waals surface area contributed by atoms with E-state index in [1.807, 2.05) is 11.9 Å². The monoisotopic (exact) mass is 597 g/mol. The van der Waals surface area contributed by atoms with Gasteiger partial charge in [-0.05, 0) is 45.7 Å². The van der Waals surface area contributed by atoms with Crippen molar-refractivity contribution in [1.82, 2.24) is 14.6 Å². The molecule has 1 fully saturated rings. The fourth-order valence-corrected chi connectivity index (χ4v) is 5.91. The van der Waals surface area contributed by atoms with E-state index in [-0.39, 0.29) is 5.75 Å². The first kappa shape index (κ1) is 30.7. The van der Waals surface area contributed by atoms with Crippen LogP contribution in [0.4, 0.5) is 4.39 Å². The number of aromatic nitrogens is 2. The number of ether oxygens (including phenoxy) is 2. The van der Waals surface area contributed by atoms with E-state index in [1.54, 1.807) is 32.2 Å². The van der Waals surface area contributed by atoms with Crippen LogP contribution in [0.3, 0.4) is 0 Å². The number of fused-ring (bicyclic) bond motifs is 1. The molecule has 0 spiro atoms. The minimum atomic E-state index is -4.47. The molecular weight excluding hydrogens is 564 g/mol. The Hall–Kier alpha value is -3.29. The first-order chi connectivity index (χ1) is 19.3. The fraction of sp³-hybridized carbons (Fsp3) is 0.500. The molecule has 3 aromatic rings. The fourth-order valence-electron chi connectivity index (χ4n) is 4.41. The second kappa shape index (κ2) is 11.9. The van der Waals surface area contributed by atoms with Crippen molar-refractivity contribution in [3.63, 3.8) is 0 Å². The summed E-state index contributed by atoms with van der Waals surface area (Å²) in [4.78, 5) is 38.2. The summed E-state index contributed by atoms with van der Waals surface area (Å²) in [5.74, 6) is -0.689. The summed E-state index contributed by atoms with van der Waals surface area (Å²) in [6.07, 6.45) is -2.13. The second-order valence-electron chi connectivity index (χ2n) is 10.1. The standard InChI is InChI=1S/C26H33FN3O10P/c1-6-16-12-36-21-17(16)8-7-9-18(21)40-41(35,29-15(4)23(33)38-14(2)3)37-13-19-22(32)26(5,27)24(39-19)30-11-10-20(31)28-25(30)34/h7-12,14-15,19,22,24,32H,6,13H2,1-5H3,(H,29,35)(H,28,31,34)/t15-,19+,22+,24+,26+,41?/m0/s1. The van der Waals surface area contributed by atoms with E-state index >= 15 is 4.39 Å². The number of halogens is 1. The van der Waals surface area contributed by atoms with Crippen molar-refractivity contribution in [2.75, 3.05) is 6.61 Å². The molecule has 0 bridgehead atoms. The van der Waals surface area contributed by atoms with Crippen molar-refractivity contribution in [3.8, 4) is 5.75 Å². The average molecular weight is 598 g/mol. The molecule has 1 saturated heterocycles. The third-order valence-corrected chi connectivity index (χ3v) is 8.16. The molecule has 6 atom stereocenters. The van der Waals surface area contributed by atoms with Gasteiger partial charge in [0, 0.05) is 17.6 Å². The summed E-state index contributed by atoms with van der Waals surface area (Å²) in [7, 11) is -4.47. The Bertz CT molecular complexity index is 1560. The van der Waals surface area contributed by atoms with Gasteiger partial charge in [0.25, 0.3) is 5.56 Å². The van der Waals surface area contributed by atoms with Crippen LogP contribution in [-0.4, -0.2) is 57.3 Å². The SMILES string of the molecule is CCc1coc2c(OP(=O)(N[C@@H](C)C(=O)OC(C)C)OC[C@H]3O[C@@H](n4ccc(=O)[nH]c4=O)[C@](C)(F)[C@@H]3O)cccc12. The van der Waals surface area contributed by atoms with E-state index < -0.39 is 67.8 Å². The Morgan fingerprint density at radius 3 is 2.68 bits per heavy atom. The van der Waals surface area contributed by atoms with E-state index in [9.17, 15) is 24.1 Å². The molecule has 41 heavy (non-hydrogen) atoms. The Balaban J connectivity index is 1.61. The van der Waals surface area contributed by atoms with Gasteiger partial charge in [-0.15, -0.1) is 0 Å². The Morgan fingerprint density at radius 1 is 1.29 bits per heavy atom. The molecular formula is C26H33FN3O10P. The summed E-state index contributed by atoms with van der Waals surface area (Å²) in [5, 5.41) is 14.0. The number of hydrogen-bond acceptors (Lipinski definition) is 10. The zero-order chi connectivity index (χ0) is 30.1. The smallest absolute Gasteiger partial charge is 0.459 e. The normalized spacial score (nSPS) is 24.8. The third-order valence-electron chi connectivity index (χ3n) is 6.53. The summed E-state index contributed by atoms with van der Waals surface area (Å²) < 4.78 is 58.3. The number of para-hydroxylation sites is 1. The van der Waals surface area contributed by atoms with Crippen molar-refractivity contribution < 1.29 is 41.8 Å². The maximum Gasteiger partial charge on any atom is 0.459 e. The highest BCUT2D eigenvalue weighted by Gasteiger charge is 2.56. The van der Waals surface area contributed by atoms with Crippen LogP contribution in [0.1, 0.15) is 46.4 Å². The lowest BCUT2D eigenvalue weighted by atomic mass is 9.98. The van der Waals surface area contributed by atoms with Gasteiger partial charge < -0.3 is 23.5 Å². The number of benzene rings is 1. The molecule has 3 N–H and O–H groups in total. The first-order valence-electron chi connectivity index (χ1n) is 13.0. The Labute approximate surface area is 234 Å². The van der Waals surface area contributed by atoms with E-state index in [0.717, 1.165) is 34.7 Å². The molecule has 0 saturated carbocycles. The average Bonchev–Trinajstić information content (AvgIpc) is 3.41. The van der Waals surface area contributed by atoms with Gasteiger partial charge in [0.2, 0.25) is 0 Å². The second-order valence-corrected chi connectivity index (χ2v) is 11.8. The predicted molar refractivity (Wildman–Crippen MR) is 144 cm³/mol. The maximum absolute atomic E-state index is 15.6. The van der Waals surface area contributed by atoms with Crippen molar-refractivity contribution in [3.05, 3.63) is 63.1 Å². The molecule has 13 nitrogen and oxygen atoms in total. The number of aromatic amines is 1. The molecule has 1 aliphatic rings. The van der Waals surface area contributed by atoms with Crippen LogP contribution >= 0.6 is 7.75 Å². The lowest BCUT2D eigenvalue weighted by molar-refractivity contribution is -0.149. The number of hydrogen-bond donors (Lipinski definition) is 3. The van der Waals surface area contributed by atoms with Crippen molar-refractivity contribution >= 4 is 24.7 Å². The van der Waals surface area contributed by atoms with Crippen LogP contribution in [0, 0.1) is 0 Å². The van der Waals surface area contributed by atoms with Crippen LogP contribution in [0.2, 0.25) is 0 Å². The number of aliphatic hydroxyl groups excluding tert-OH is 1. The molecule has 3 heterocycles. The van der Waals surface area contributed by atoms with E-state index in [1.165, 1.54) is 13.0 Å². The summed E-state index contributed by atoms with van der Waals surface area (Å²) in [6.45, 7) is 6.97. The predicted octanol–water partition coefficient (Wildman–Crippen LogP) is 2.97. The largest absolute Gasteiger partial charge is 0.462 e. The number of carbonyl (C=O) groups excluding carboxylic acids is 1. The number of nitrogens with one attached hydrogen (secondary N) is 2. The number of aliphatic hydroxyl groups is 1. The molecule has 1 aliphatic heterocycles. The highest BCUT2D eigenvalue weighted by atomic mass is 31.2. The minimum Gasteiger partial charge on any atom is -0.462 e. The Morgan fingerprint density at radius 2 is 2.02 bits per heavy atom. The quantitative estimate of drug-likeness (QED) is 0.219. The van der Waals surface area contributed by atoms with Gasteiger partial charge in [-0.1, -0.05) is 19.1 Å². The number of esters is 1. The maximum atomic E-state index is 15.6. The first-order valence-corrected chi connectivity index (χ1v) is 14.6. The van der Waals surface area contributed by atoms with Gasteiger partial charge in [0.05, 0.1) is 19.0 Å². The van der Waals surface area contributed by atoms with E-state index in [4.69, 9.17) is 22.9 Å². The lowest BCUT2D eigenvalue weighted by Gasteiger charge is -2.25. The summed E-state index contributed by atoms with van der Waals surface area (Å²) in [5.41, 5.74) is -2.99. The molecule has 2 aromatic heterocycles. The minimum absolute atomic E-state index is 0.0448. The number of aryl methyl sites for hydroxylation is 1. The topological polar surface area (TPSA) is 171 Å². The van der Waals surface area contributed by atoms with Gasteiger partial charge in [-0.3, -0.25) is 23.7 Å². The van der Waals surface area contributed by atoms with Crippen LogP contribution in [0.25, 0.3) is 11.0 Å². The summed E-state index contributed by atoms with van der Waals surface area (Å²) in [6, 6.07) is 4.80. The van der Waals surface area contributed by atoms with Crippen molar-refractivity contribution in [1.29, 1.82) is 0 Å². The molecule has 0 radical (unpaired) electrons. The molecule has 15 heteroatoms. The lowest BCUT2D eigenvalue weighted by Crippen LogP contribution is -2.43. The molecule has 0 aliphatic carbocycles. The zero-order valence-electron chi connectivity index (χ0n) is 23.2. The molecule has 4 rings (SSSR count). The zero-order valence-corrected chi connectivity index (χ0v) is 24.1. The van der Waals surface area contributed by atoms with Crippen LogP contribution in [-0.2, 0) is 29.8 Å². The van der Waals surface area contributed by atoms with E-state index in [0.29, 0.717) is 12.0 Å². The number of rotatable bonds is 11.